The van der Waals surface area contributed by atoms with Crippen LogP contribution in [0.4, 0.5) is 5.82 Å². The van der Waals surface area contributed by atoms with Gasteiger partial charge in [-0.05, 0) is 55.9 Å². The molecular weight excluding hydrogens is 324 g/mol. The third kappa shape index (κ3) is 3.74. The van der Waals surface area contributed by atoms with Crippen molar-refractivity contribution in [3.05, 3.63) is 41.6 Å². The number of aryl methyl sites for hydroxylation is 1. The van der Waals surface area contributed by atoms with Crippen LogP contribution in [0.15, 0.2) is 30.4 Å². The minimum Gasteiger partial charge on any atom is -0.310 e. The van der Waals surface area contributed by atoms with Crippen LogP contribution < -0.4 is 10.6 Å². The summed E-state index contributed by atoms with van der Waals surface area (Å²) >= 11 is 0. The van der Waals surface area contributed by atoms with Gasteiger partial charge in [-0.2, -0.15) is 0 Å². The maximum Gasteiger partial charge on any atom is 0.239 e. The van der Waals surface area contributed by atoms with Gasteiger partial charge >= 0.3 is 0 Å². The van der Waals surface area contributed by atoms with Crippen LogP contribution >= 0.6 is 0 Å². The highest BCUT2D eigenvalue weighted by molar-refractivity contribution is 5.91. The molecule has 1 aliphatic heterocycles. The fraction of sp³-hybridized carbons (Fsp3) is 0.524. The number of nitrogens with zero attached hydrogens (tertiary/aromatic N) is 2. The molecule has 0 aromatic carbocycles. The highest BCUT2D eigenvalue weighted by atomic mass is 16.2. The van der Waals surface area contributed by atoms with E-state index < -0.39 is 0 Å². The second kappa shape index (κ2) is 7.72. The Morgan fingerprint density at radius 1 is 1.35 bits per heavy atom. The number of nitrogens with one attached hydrogen (secondary N) is 2. The summed E-state index contributed by atoms with van der Waals surface area (Å²) in [6.45, 7) is 3.27. The van der Waals surface area contributed by atoms with E-state index in [1.807, 2.05) is 13.0 Å². The Bertz CT molecular complexity index is 740. The summed E-state index contributed by atoms with van der Waals surface area (Å²) in [5, 5.41) is 6.53. The van der Waals surface area contributed by atoms with Gasteiger partial charge in [0.05, 0.1) is 6.54 Å². The molecule has 1 saturated carbocycles. The maximum absolute atomic E-state index is 12.5. The largest absolute Gasteiger partial charge is 0.310 e. The molecule has 0 spiro atoms. The van der Waals surface area contributed by atoms with Crippen LogP contribution in [0.2, 0.25) is 0 Å². The summed E-state index contributed by atoms with van der Waals surface area (Å²) < 4.78 is 0. The lowest BCUT2D eigenvalue weighted by atomic mass is 9.91. The Labute approximate surface area is 155 Å². The van der Waals surface area contributed by atoms with Gasteiger partial charge in [-0.3, -0.25) is 15.0 Å². The topological polar surface area (TPSA) is 57.3 Å². The van der Waals surface area contributed by atoms with E-state index in [2.05, 4.69) is 44.8 Å². The van der Waals surface area contributed by atoms with E-state index in [4.69, 9.17) is 0 Å². The monoisotopic (exact) mass is 352 g/mol. The second-order valence-corrected chi connectivity index (χ2v) is 7.60. The van der Waals surface area contributed by atoms with E-state index in [9.17, 15) is 4.79 Å². The van der Waals surface area contributed by atoms with Crippen LogP contribution in [0.25, 0.3) is 5.57 Å². The van der Waals surface area contributed by atoms with Crippen molar-refractivity contribution in [3.8, 4) is 0 Å². The number of rotatable bonds is 4. The fourth-order valence-corrected chi connectivity index (χ4v) is 4.48. The smallest absolute Gasteiger partial charge is 0.239 e. The van der Waals surface area contributed by atoms with Gasteiger partial charge in [0.1, 0.15) is 5.82 Å². The first-order valence-corrected chi connectivity index (χ1v) is 9.82. The first-order valence-electron chi connectivity index (χ1n) is 9.82. The molecule has 2 heterocycles. The van der Waals surface area contributed by atoms with E-state index in [-0.39, 0.29) is 5.91 Å². The molecule has 1 aromatic rings. The molecule has 0 bridgehead atoms. The van der Waals surface area contributed by atoms with Gasteiger partial charge in [0, 0.05) is 24.4 Å². The molecule has 4 rings (SSSR count). The van der Waals surface area contributed by atoms with Crippen molar-refractivity contribution in [2.24, 2.45) is 0 Å². The van der Waals surface area contributed by atoms with Gasteiger partial charge in [0.15, 0.2) is 0 Å². The number of fused-ring (bicyclic) bond motifs is 1. The second-order valence-electron chi connectivity index (χ2n) is 7.60. The molecule has 2 N–H and O–H groups in total. The molecular formula is C21H28N4O. The van der Waals surface area contributed by atoms with E-state index in [0.29, 0.717) is 24.4 Å². The van der Waals surface area contributed by atoms with Gasteiger partial charge in [-0.25, -0.2) is 4.98 Å². The average Bonchev–Trinajstić information content (AvgIpc) is 3.05. The Morgan fingerprint density at radius 2 is 2.23 bits per heavy atom. The van der Waals surface area contributed by atoms with E-state index in [0.717, 1.165) is 25.2 Å². The van der Waals surface area contributed by atoms with Gasteiger partial charge in [-0.15, -0.1) is 0 Å². The van der Waals surface area contributed by atoms with E-state index in [1.54, 1.807) is 0 Å². The van der Waals surface area contributed by atoms with Crippen molar-refractivity contribution in [2.45, 2.75) is 57.5 Å². The van der Waals surface area contributed by atoms with Gasteiger partial charge in [0.25, 0.3) is 0 Å². The SMILES string of the molecule is Cc1nc(NC(=O)CN2CNC3CCCCC32)ccc1C1=CC=CCC1. The molecule has 1 saturated heterocycles. The van der Waals surface area contributed by atoms with E-state index >= 15 is 0 Å². The van der Waals surface area contributed by atoms with E-state index in [1.165, 1.54) is 36.8 Å². The number of allylic oxidation sites excluding steroid dienone is 4. The lowest BCUT2D eigenvalue weighted by Gasteiger charge is -2.30. The van der Waals surface area contributed by atoms with Crippen LogP contribution in [0, 0.1) is 6.92 Å². The molecule has 2 atom stereocenters. The number of aromatic nitrogens is 1. The molecule has 0 radical (unpaired) electrons. The summed E-state index contributed by atoms with van der Waals surface area (Å²) in [6.07, 6.45) is 13.6. The normalized spacial score (nSPS) is 25.7. The van der Waals surface area contributed by atoms with Crippen molar-refractivity contribution < 1.29 is 4.79 Å². The summed E-state index contributed by atoms with van der Waals surface area (Å²) in [4.78, 5) is 19.4. The number of amides is 1. The van der Waals surface area contributed by atoms with Gasteiger partial charge in [0.2, 0.25) is 5.91 Å². The van der Waals surface area contributed by atoms with Crippen molar-refractivity contribution in [3.63, 3.8) is 0 Å². The van der Waals surface area contributed by atoms with Crippen LogP contribution in [0.5, 0.6) is 0 Å². The highest BCUT2D eigenvalue weighted by Gasteiger charge is 2.35. The summed E-state index contributed by atoms with van der Waals surface area (Å²) in [5.41, 5.74) is 3.47. The minimum atomic E-state index is 0.0255. The van der Waals surface area contributed by atoms with Crippen LogP contribution in [0.3, 0.4) is 0 Å². The molecule has 2 unspecified atom stereocenters. The molecule has 1 amide bonds. The number of hydrogen-bond acceptors (Lipinski definition) is 4. The van der Waals surface area contributed by atoms with Gasteiger partial charge < -0.3 is 5.32 Å². The Hall–Kier alpha value is -1.98. The lowest BCUT2D eigenvalue weighted by molar-refractivity contribution is -0.117. The zero-order valence-electron chi connectivity index (χ0n) is 15.5. The summed E-state index contributed by atoms with van der Waals surface area (Å²) in [7, 11) is 0. The summed E-state index contributed by atoms with van der Waals surface area (Å²) in [5.74, 6) is 0.674. The molecule has 5 heteroatoms. The first-order chi connectivity index (χ1) is 12.7. The van der Waals surface area contributed by atoms with Crippen molar-refractivity contribution in [1.82, 2.24) is 15.2 Å². The number of hydrogen-bond donors (Lipinski definition) is 2. The third-order valence-corrected chi connectivity index (χ3v) is 5.81. The highest BCUT2D eigenvalue weighted by Crippen LogP contribution is 2.28. The number of pyridine rings is 1. The first kappa shape index (κ1) is 17.4. The number of anilines is 1. The average molecular weight is 352 g/mol. The Kier molecular flexibility index (Phi) is 5.18. The van der Waals surface area contributed by atoms with Crippen molar-refractivity contribution in [2.75, 3.05) is 18.5 Å². The van der Waals surface area contributed by atoms with Crippen LogP contribution in [-0.4, -0.2) is 41.1 Å². The number of carbonyl (C=O) groups excluding carboxylic acids is 1. The molecule has 2 aliphatic carbocycles. The zero-order valence-corrected chi connectivity index (χ0v) is 15.5. The molecule has 26 heavy (non-hydrogen) atoms. The zero-order chi connectivity index (χ0) is 17.9. The van der Waals surface area contributed by atoms with Crippen molar-refractivity contribution in [1.29, 1.82) is 0 Å². The lowest BCUT2D eigenvalue weighted by Crippen LogP contribution is -2.42. The quantitative estimate of drug-likeness (QED) is 0.873. The van der Waals surface area contributed by atoms with Crippen LogP contribution in [-0.2, 0) is 4.79 Å². The summed E-state index contributed by atoms with van der Waals surface area (Å²) in [6, 6.07) is 5.08. The molecule has 5 nitrogen and oxygen atoms in total. The Morgan fingerprint density at radius 3 is 3.04 bits per heavy atom. The van der Waals surface area contributed by atoms with Crippen LogP contribution in [0.1, 0.15) is 49.8 Å². The molecule has 1 aromatic heterocycles. The predicted octanol–water partition coefficient (Wildman–Crippen LogP) is 3.24. The predicted molar refractivity (Wildman–Crippen MR) is 105 cm³/mol. The maximum atomic E-state index is 12.5. The fourth-order valence-electron chi connectivity index (χ4n) is 4.48. The van der Waals surface area contributed by atoms with Crippen molar-refractivity contribution >= 4 is 17.3 Å². The van der Waals surface area contributed by atoms with Gasteiger partial charge in [-0.1, -0.05) is 31.1 Å². The third-order valence-electron chi connectivity index (χ3n) is 5.81. The minimum absolute atomic E-state index is 0.0255. The molecule has 3 aliphatic rings. The standard InChI is InChI=1S/C21H28N4O/c1-15-17(16-7-3-2-4-8-16)11-12-20(23-15)24-21(26)13-25-14-22-18-9-5-6-10-19(18)25/h2-3,7,11-12,18-19,22H,4-6,8-10,13-14H2,1H3,(H,23,24,26). The Balaban J connectivity index is 1.38. The number of carbonyl (C=O) groups is 1. The molecule has 2 fully saturated rings. The molecule has 138 valence electrons.